The van der Waals surface area contributed by atoms with E-state index >= 15 is 0 Å². The molecule has 1 unspecified atom stereocenters. The summed E-state index contributed by atoms with van der Waals surface area (Å²) in [5.41, 5.74) is 1.65. The van der Waals surface area contributed by atoms with Gasteiger partial charge in [0, 0.05) is 12.1 Å². The molecule has 96 valence electrons. The Bertz CT molecular complexity index is 437. The van der Waals surface area contributed by atoms with Crippen LogP contribution in [0.1, 0.15) is 31.2 Å². The van der Waals surface area contributed by atoms with E-state index in [1.54, 1.807) is 18.2 Å². The summed E-state index contributed by atoms with van der Waals surface area (Å²) >= 11 is 0. The Labute approximate surface area is 106 Å². The van der Waals surface area contributed by atoms with Crippen LogP contribution in [0.3, 0.4) is 0 Å². The topological polar surface area (TPSA) is 66.4 Å². The Morgan fingerprint density at radius 3 is 2.50 bits per heavy atom. The van der Waals surface area contributed by atoms with Gasteiger partial charge in [-0.25, -0.2) is 0 Å². The van der Waals surface area contributed by atoms with Crippen molar-refractivity contribution in [1.29, 1.82) is 0 Å². The van der Waals surface area contributed by atoms with Crippen molar-refractivity contribution in [2.75, 3.05) is 5.32 Å². The summed E-state index contributed by atoms with van der Waals surface area (Å²) in [5.74, 6) is -0.970. The van der Waals surface area contributed by atoms with Crippen LogP contribution < -0.4 is 5.32 Å². The Kier molecular flexibility index (Phi) is 5.11. The van der Waals surface area contributed by atoms with Crippen LogP contribution in [-0.2, 0) is 9.59 Å². The van der Waals surface area contributed by atoms with Crippen LogP contribution in [0.4, 0.5) is 5.69 Å². The highest BCUT2D eigenvalue weighted by Gasteiger charge is 2.10. The molecule has 0 heterocycles. The monoisotopic (exact) mass is 247 g/mol. The molecule has 0 bridgehead atoms. The van der Waals surface area contributed by atoms with Gasteiger partial charge >= 0.3 is 5.97 Å². The lowest BCUT2D eigenvalue weighted by molar-refractivity contribution is -0.137. The molecule has 1 rings (SSSR count). The van der Waals surface area contributed by atoms with E-state index in [0.717, 1.165) is 5.56 Å². The Morgan fingerprint density at radius 2 is 2.00 bits per heavy atom. The van der Waals surface area contributed by atoms with Crippen LogP contribution in [0.25, 0.3) is 0 Å². The molecule has 1 atom stereocenters. The number of amides is 1. The van der Waals surface area contributed by atoms with E-state index in [2.05, 4.69) is 11.9 Å². The maximum Gasteiger partial charge on any atom is 0.303 e. The number of anilines is 1. The fourth-order valence-corrected chi connectivity index (χ4v) is 1.62. The van der Waals surface area contributed by atoms with Crippen LogP contribution in [0.15, 0.2) is 36.9 Å². The molecule has 0 aliphatic rings. The molecule has 0 aliphatic heterocycles. The lowest BCUT2D eigenvalue weighted by Gasteiger charge is -2.10. The van der Waals surface area contributed by atoms with Gasteiger partial charge in [0.1, 0.15) is 0 Å². The summed E-state index contributed by atoms with van der Waals surface area (Å²) in [6.07, 6.45) is 1.91. The molecule has 0 saturated heterocycles. The number of carboxylic acids is 1. The molecular formula is C14H17NO3. The molecule has 0 saturated carbocycles. The predicted octanol–water partition coefficient (Wildman–Crippen LogP) is 2.78. The Balaban J connectivity index is 2.64. The normalized spacial score (nSPS) is 11.6. The molecule has 2 N–H and O–H groups in total. The fourth-order valence-electron chi connectivity index (χ4n) is 1.62. The lowest BCUT2D eigenvalue weighted by Crippen LogP contribution is -2.10. The number of rotatable bonds is 6. The van der Waals surface area contributed by atoms with Crippen molar-refractivity contribution >= 4 is 17.6 Å². The van der Waals surface area contributed by atoms with Gasteiger partial charge in [-0.2, -0.15) is 0 Å². The van der Waals surface area contributed by atoms with E-state index in [9.17, 15) is 9.59 Å². The maximum absolute atomic E-state index is 11.3. The first-order valence-electron chi connectivity index (χ1n) is 5.75. The number of aliphatic carboxylic acids is 1. The summed E-state index contributed by atoms with van der Waals surface area (Å²) in [5, 5.41) is 11.4. The molecule has 1 aromatic carbocycles. The van der Waals surface area contributed by atoms with Crippen molar-refractivity contribution in [2.24, 2.45) is 0 Å². The number of carboxylic acid groups (broad SMARTS) is 1. The average Bonchev–Trinajstić information content (AvgIpc) is 2.29. The second-order valence-electron chi connectivity index (χ2n) is 4.16. The minimum Gasteiger partial charge on any atom is -0.481 e. The van der Waals surface area contributed by atoms with Crippen molar-refractivity contribution in [2.45, 2.75) is 25.7 Å². The Hall–Kier alpha value is -2.10. The first-order valence-corrected chi connectivity index (χ1v) is 5.75. The van der Waals surface area contributed by atoms with Crippen LogP contribution in [0, 0.1) is 0 Å². The third-order valence-corrected chi connectivity index (χ3v) is 2.57. The van der Waals surface area contributed by atoms with Gasteiger partial charge in [-0.05, 0) is 23.6 Å². The maximum atomic E-state index is 11.3. The summed E-state index contributed by atoms with van der Waals surface area (Å²) < 4.78 is 0. The Morgan fingerprint density at radius 1 is 1.39 bits per heavy atom. The molecule has 0 fully saturated rings. The van der Waals surface area contributed by atoms with Gasteiger partial charge in [0.05, 0.1) is 6.42 Å². The minimum absolute atomic E-state index is 0.0413. The molecule has 0 aromatic heterocycles. The van der Waals surface area contributed by atoms with Gasteiger partial charge in [0.2, 0.25) is 5.91 Å². The molecular weight excluding hydrogens is 230 g/mol. The zero-order chi connectivity index (χ0) is 13.5. The van der Waals surface area contributed by atoms with Crippen LogP contribution in [-0.4, -0.2) is 17.0 Å². The largest absolute Gasteiger partial charge is 0.481 e. The first-order chi connectivity index (χ1) is 8.52. The summed E-state index contributed by atoms with van der Waals surface area (Å²) in [4.78, 5) is 21.9. The molecule has 0 spiro atoms. The zero-order valence-corrected chi connectivity index (χ0v) is 10.3. The van der Waals surface area contributed by atoms with E-state index in [1.807, 2.05) is 19.1 Å². The second-order valence-corrected chi connectivity index (χ2v) is 4.16. The van der Waals surface area contributed by atoms with E-state index in [0.29, 0.717) is 5.69 Å². The summed E-state index contributed by atoms with van der Waals surface area (Å²) in [6.45, 7) is 5.35. The van der Waals surface area contributed by atoms with Crippen molar-refractivity contribution in [3.05, 3.63) is 42.5 Å². The SMILES string of the molecule is C=CCC(=O)Nc1ccc(C(C)CC(=O)O)cc1. The van der Waals surface area contributed by atoms with Gasteiger partial charge in [-0.15, -0.1) is 6.58 Å². The molecule has 4 heteroatoms. The number of hydrogen-bond donors (Lipinski definition) is 2. The molecule has 18 heavy (non-hydrogen) atoms. The molecule has 1 aromatic rings. The highest BCUT2D eigenvalue weighted by Crippen LogP contribution is 2.20. The van der Waals surface area contributed by atoms with Gasteiger partial charge in [-0.3, -0.25) is 9.59 Å². The third kappa shape index (κ3) is 4.41. The second kappa shape index (κ2) is 6.59. The van der Waals surface area contributed by atoms with Crippen molar-refractivity contribution in [1.82, 2.24) is 0 Å². The fraction of sp³-hybridized carbons (Fsp3) is 0.286. The number of carbonyl (C=O) groups is 2. The van der Waals surface area contributed by atoms with Gasteiger partial charge in [0.25, 0.3) is 0 Å². The van der Waals surface area contributed by atoms with Crippen molar-refractivity contribution in [3.8, 4) is 0 Å². The number of hydrogen-bond acceptors (Lipinski definition) is 2. The standard InChI is InChI=1S/C14H17NO3/c1-3-4-13(16)15-12-7-5-11(6-8-12)10(2)9-14(17)18/h3,5-8,10H,1,4,9H2,2H3,(H,15,16)(H,17,18). The smallest absolute Gasteiger partial charge is 0.303 e. The van der Waals surface area contributed by atoms with Gasteiger partial charge < -0.3 is 10.4 Å². The van der Waals surface area contributed by atoms with E-state index < -0.39 is 5.97 Å². The number of benzene rings is 1. The zero-order valence-electron chi connectivity index (χ0n) is 10.3. The van der Waals surface area contributed by atoms with Gasteiger partial charge in [-0.1, -0.05) is 25.1 Å². The van der Waals surface area contributed by atoms with E-state index in [1.165, 1.54) is 0 Å². The minimum atomic E-state index is -0.814. The molecule has 1 amide bonds. The number of nitrogens with one attached hydrogen (secondary N) is 1. The quantitative estimate of drug-likeness (QED) is 0.759. The summed E-state index contributed by atoms with van der Waals surface area (Å²) in [6, 6.07) is 7.21. The molecule has 4 nitrogen and oxygen atoms in total. The van der Waals surface area contributed by atoms with Crippen molar-refractivity contribution in [3.63, 3.8) is 0 Å². The molecule has 0 aliphatic carbocycles. The predicted molar refractivity (Wildman–Crippen MR) is 70.6 cm³/mol. The van der Waals surface area contributed by atoms with E-state index in [-0.39, 0.29) is 24.7 Å². The van der Waals surface area contributed by atoms with Crippen molar-refractivity contribution < 1.29 is 14.7 Å². The third-order valence-electron chi connectivity index (χ3n) is 2.57. The number of carbonyl (C=O) groups excluding carboxylic acids is 1. The lowest BCUT2D eigenvalue weighted by atomic mass is 9.98. The van der Waals surface area contributed by atoms with E-state index in [4.69, 9.17) is 5.11 Å². The van der Waals surface area contributed by atoms with Crippen LogP contribution in [0.2, 0.25) is 0 Å². The highest BCUT2D eigenvalue weighted by molar-refractivity contribution is 5.91. The summed E-state index contributed by atoms with van der Waals surface area (Å²) in [7, 11) is 0. The average molecular weight is 247 g/mol. The van der Waals surface area contributed by atoms with Crippen LogP contribution in [0.5, 0.6) is 0 Å². The highest BCUT2D eigenvalue weighted by atomic mass is 16.4. The van der Waals surface area contributed by atoms with Crippen LogP contribution >= 0.6 is 0 Å². The van der Waals surface area contributed by atoms with Gasteiger partial charge in [0.15, 0.2) is 0 Å². The first kappa shape index (κ1) is 14.0. The molecule has 0 radical (unpaired) electrons.